The Balaban J connectivity index is 1.68. The second-order valence-electron chi connectivity index (χ2n) is 4.75. The van der Waals surface area contributed by atoms with Gasteiger partial charge in [-0.15, -0.1) is 23.5 Å². The van der Waals surface area contributed by atoms with Crippen molar-refractivity contribution in [2.75, 3.05) is 0 Å². The van der Waals surface area contributed by atoms with E-state index in [9.17, 15) is 4.79 Å². The fraction of sp³-hybridized carbons (Fsp3) is 0.188. The fourth-order valence-electron chi connectivity index (χ4n) is 2.10. The lowest BCUT2D eigenvalue weighted by molar-refractivity contribution is 0.0987. The summed E-state index contributed by atoms with van der Waals surface area (Å²) in [6.45, 7) is 2.10. The maximum Gasteiger partial charge on any atom is 0.164 e. The van der Waals surface area contributed by atoms with Crippen LogP contribution in [0.3, 0.4) is 0 Å². The lowest BCUT2D eigenvalue weighted by atomic mass is 10.1. The zero-order valence-corrected chi connectivity index (χ0v) is 14.1. The predicted octanol–water partition coefficient (Wildman–Crippen LogP) is 5.55. The van der Waals surface area contributed by atoms with E-state index in [0.29, 0.717) is 11.0 Å². The molecule has 102 valence electrons. The summed E-state index contributed by atoms with van der Waals surface area (Å²) in [5.74, 6) is 0.215. The molecule has 0 bridgehead atoms. The monoisotopic (exact) mass is 364 g/mol. The van der Waals surface area contributed by atoms with E-state index in [-0.39, 0.29) is 5.78 Å². The molecule has 1 atom stereocenters. The smallest absolute Gasteiger partial charge is 0.164 e. The van der Waals surface area contributed by atoms with E-state index in [4.69, 9.17) is 0 Å². The molecular weight excluding hydrogens is 352 g/mol. The van der Waals surface area contributed by atoms with Gasteiger partial charge in [0.2, 0.25) is 0 Å². The van der Waals surface area contributed by atoms with E-state index in [0.717, 1.165) is 10.0 Å². The number of hydrogen-bond donors (Lipinski definition) is 0. The van der Waals surface area contributed by atoms with Crippen LogP contribution in [0.25, 0.3) is 0 Å². The fourth-order valence-corrected chi connectivity index (χ4v) is 5.26. The van der Waals surface area contributed by atoms with E-state index >= 15 is 0 Å². The van der Waals surface area contributed by atoms with Crippen molar-refractivity contribution < 1.29 is 4.79 Å². The molecule has 4 heteroatoms. The molecule has 1 aliphatic rings. The number of thioether (sulfide) groups is 2. The van der Waals surface area contributed by atoms with Gasteiger partial charge in [-0.05, 0) is 36.8 Å². The number of Topliss-reactive ketones (excluding diaryl/α,β-unsaturated/α-hetero) is 1. The van der Waals surface area contributed by atoms with Crippen molar-refractivity contribution in [2.45, 2.75) is 27.7 Å². The van der Waals surface area contributed by atoms with Crippen molar-refractivity contribution in [3.8, 4) is 0 Å². The minimum absolute atomic E-state index is 0.215. The van der Waals surface area contributed by atoms with E-state index < -0.39 is 0 Å². The topological polar surface area (TPSA) is 17.1 Å². The van der Waals surface area contributed by atoms with Gasteiger partial charge in [0.25, 0.3) is 0 Å². The Morgan fingerprint density at radius 1 is 1.10 bits per heavy atom. The van der Waals surface area contributed by atoms with Crippen LogP contribution < -0.4 is 0 Å². The highest BCUT2D eigenvalue weighted by Crippen LogP contribution is 2.49. The normalized spacial score (nSPS) is 17.0. The summed E-state index contributed by atoms with van der Waals surface area (Å²) in [6, 6.07) is 14.1. The number of carbonyl (C=O) groups excluding carboxylic acids is 1. The summed E-state index contributed by atoms with van der Waals surface area (Å²) >= 11 is 7.00. The summed E-state index contributed by atoms with van der Waals surface area (Å²) in [5.41, 5.74) is 2.07. The Labute approximate surface area is 135 Å². The standard InChI is InChI=1S/C16H13BrOS2/c1-10-2-7-14-15(8-10)20-16(19-14)9-13(18)11-3-5-12(17)6-4-11/h2-8,16H,9H2,1H3/t16-/m1/s1. The third kappa shape index (κ3) is 3.13. The van der Waals surface area contributed by atoms with E-state index in [1.54, 1.807) is 11.8 Å². The van der Waals surface area contributed by atoms with E-state index in [1.807, 2.05) is 36.0 Å². The molecule has 2 aromatic rings. The van der Waals surface area contributed by atoms with Crippen LogP contribution in [-0.4, -0.2) is 10.4 Å². The van der Waals surface area contributed by atoms with Crippen LogP contribution in [0.1, 0.15) is 22.3 Å². The Morgan fingerprint density at radius 3 is 2.55 bits per heavy atom. The molecular formula is C16H13BrOS2. The highest BCUT2D eigenvalue weighted by Gasteiger charge is 2.25. The Bertz CT molecular complexity index is 652. The quantitative estimate of drug-likeness (QED) is 0.664. The first-order valence-electron chi connectivity index (χ1n) is 6.34. The second kappa shape index (κ2) is 5.96. The molecule has 1 heterocycles. The molecule has 3 rings (SSSR count). The zero-order valence-electron chi connectivity index (χ0n) is 10.9. The highest BCUT2D eigenvalue weighted by atomic mass is 79.9. The van der Waals surface area contributed by atoms with Crippen LogP contribution in [0.2, 0.25) is 0 Å². The average molecular weight is 365 g/mol. The number of benzene rings is 2. The minimum atomic E-state index is 0.215. The summed E-state index contributed by atoms with van der Waals surface area (Å²) in [4.78, 5) is 14.9. The molecule has 0 aliphatic carbocycles. The van der Waals surface area contributed by atoms with Crippen LogP contribution in [0.5, 0.6) is 0 Å². The largest absolute Gasteiger partial charge is 0.294 e. The molecule has 0 saturated heterocycles. The van der Waals surface area contributed by atoms with Crippen molar-refractivity contribution in [1.82, 2.24) is 0 Å². The first kappa shape index (κ1) is 14.2. The number of halogens is 1. The lowest BCUT2D eigenvalue weighted by Crippen LogP contribution is -2.05. The number of ketones is 1. The molecule has 1 aliphatic heterocycles. The summed E-state index contributed by atoms with van der Waals surface area (Å²) < 4.78 is 1.30. The third-order valence-electron chi connectivity index (χ3n) is 3.13. The molecule has 2 aromatic carbocycles. The van der Waals surface area contributed by atoms with Crippen LogP contribution in [-0.2, 0) is 0 Å². The van der Waals surface area contributed by atoms with Crippen LogP contribution in [0.4, 0.5) is 0 Å². The van der Waals surface area contributed by atoms with Crippen molar-refractivity contribution in [3.63, 3.8) is 0 Å². The van der Waals surface area contributed by atoms with Crippen molar-refractivity contribution in [3.05, 3.63) is 58.1 Å². The number of carbonyl (C=O) groups is 1. The average Bonchev–Trinajstić information content (AvgIpc) is 2.80. The third-order valence-corrected chi connectivity index (χ3v) is 6.43. The molecule has 0 N–H and O–H groups in total. The van der Waals surface area contributed by atoms with Gasteiger partial charge in [-0.2, -0.15) is 0 Å². The van der Waals surface area contributed by atoms with Crippen molar-refractivity contribution in [2.24, 2.45) is 0 Å². The van der Waals surface area contributed by atoms with Gasteiger partial charge in [0.15, 0.2) is 5.78 Å². The molecule has 0 spiro atoms. The minimum Gasteiger partial charge on any atom is -0.294 e. The second-order valence-corrected chi connectivity index (χ2v) is 8.45. The van der Waals surface area contributed by atoms with Gasteiger partial charge in [0.1, 0.15) is 0 Å². The molecule has 1 nitrogen and oxygen atoms in total. The van der Waals surface area contributed by atoms with Gasteiger partial charge in [-0.1, -0.05) is 34.1 Å². The van der Waals surface area contributed by atoms with Crippen LogP contribution in [0, 0.1) is 6.92 Å². The predicted molar refractivity (Wildman–Crippen MR) is 89.8 cm³/mol. The molecule has 0 fully saturated rings. The van der Waals surface area contributed by atoms with Gasteiger partial charge in [-0.3, -0.25) is 4.79 Å². The number of aryl methyl sites for hydroxylation is 1. The van der Waals surface area contributed by atoms with Crippen LogP contribution >= 0.6 is 39.5 Å². The summed E-state index contributed by atoms with van der Waals surface area (Å²) in [6.07, 6.45) is 0.574. The molecule has 0 unspecified atom stereocenters. The van der Waals surface area contributed by atoms with Gasteiger partial charge in [0, 0.05) is 26.2 Å². The maximum atomic E-state index is 12.3. The number of rotatable bonds is 3. The Kier molecular flexibility index (Phi) is 4.24. The molecule has 0 aromatic heterocycles. The molecule has 0 radical (unpaired) electrons. The van der Waals surface area contributed by atoms with Crippen LogP contribution in [0.15, 0.2) is 56.7 Å². The first-order valence-corrected chi connectivity index (χ1v) is 8.90. The summed E-state index contributed by atoms with van der Waals surface area (Å²) in [7, 11) is 0. The Hall–Kier alpha value is -0.710. The van der Waals surface area contributed by atoms with Gasteiger partial charge in [-0.25, -0.2) is 0 Å². The van der Waals surface area contributed by atoms with Gasteiger partial charge < -0.3 is 0 Å². The molecule has 0 saturated carbocycles. The first-order chi connectivity index (χ1) is 9.61. The maximum absolute atomic E-state index is 12.3. The molecule has 20 heavy (non-hydrogen) atoms. The van der Waals surface area contributed by atoms with Crippen molar-refractivity contribution in [1.29, 1.82) is 0 Å². The number of fused-ring (bicyclic) bond motifs is 1. The van der Waals surface area contributed by atoms with Gasteiger partial charge >= 0.3 is 0 Å². The van der Waals surface area contributed by atoms with E-state index in [1.165, 1.54) is 15.4 Å². The van der Waals surface area contributed by atoms with Gasteiger partial charge in [0.05, 0.1) is 4.58 Å². The number of hydrogen-bond acceptors (Lipinski definition) is 3. The zero-order chi connectivity index (χ0) is 14.1. The highest BCUT2D eigenvalue weighted by molar-refractivity contribution is 9.10. The SMILES string of the molecule is Cc1ccc2c(c1)S[C@H](CC(=O)c1ccc(Br)cc1)S2. The van der Waals surface area contributed by atoms with E-state index in [2.05, 4.69) is 41.1 Å². The van der Waals surface area contributed by atoms with Crippen molar-refractivity contribution >= 4 is 45.2 Å². The summed E-state index contributed by atoms with van der Waals surface area (Å²) in [5, 5.41) is 0. The lowest BCUT2D eigenvalue weighted by Gasteiger charge is -2.06. The molecule has 0 amide bonds. The Morgan fingerprint density at radius 2 is 1.80 bits per heavy atom.